The molecule has 1 aliphatic heterocycles. The van der Waals surface area contributed by atoms with Crippen molar-refractivity contribution in [3.63, 3.8) is 0 Å². The van der Waals surface area contributed by atoms with E-state index >= 15 is 0 Å². The molecule has 0 fully saturated rings. The average molecular weight is 470 g/mol. The maximum Gasteiger partial charge on any atom is 0.0709 e. The predicted octanol–water partition coefficient (Wildman–Crippen LogP) is 6.49. The van der Waals surface area contributed by atoms with E-state index in [9.17, 15) is 0 Å². The van der Waals surface area contributed by atoms with Gasteiger partial charge < -0.3 is 0 Å². The number of fused-ring (bicyclic) bond motifs is 2. The first-order valence-electron chi connectivity index (χ1n) is 9.66. The van der Waals surface area contributed by atoms with Crippen molar-refractivity contribution in [3.05, 3.63) is 102 Å². The molecule has 0 spiro atoms. The zero-order valence-corrected chi connectivity index (χ0v) is 20.6. The van der Waals surface area contributed by atoms with Gasteiger partial charge in [-0.1, -0.05) is 79.8 Å². The maximum atomic E-state index is 4.48. The number of allylic oxidation sites excluding steroid dienone is 4. The van der Waals surface area contributed by atoms with E-state index in [0.29, 0.717) is 0 Å². The van der Waals surface area contributed by atoms with Crippen LogP contribution in [0.1, 0.15) is 5.56 Å². The SMILES string of the molecule is C[Si](C)=CC1=NC2=CC=CC2=C1.Cc1cc2c(-c3ccccc3)cccc2[cH-]1.[Zr]. The molecule has 0 N–H and O–H groups in total. The molecule has 0 saturated carbocycles. The van der Waals surface area contributed by atoms with Gasteiger partial charge in [-0.15, -0.1) is 34.5 Å². The van der Waals surface area contributed by atoms with Gasteiger partial charge in [0.2, 0.25) is 0 Å². The van der Waals surface area contributed by atoms with Crippen LogP contribution in [0.2, 0.25) is 13.1 Å². The van der Waals surface area contributed by atoms with Gasteiger partial charge in [-0.05, 0) is 17.7 Å². The van der Waals surface area contributed by atoms with Crippen LogP contribution in [-0.2, 0) is 26.2 Å². The molecule has 3 heteroatoms. The third-order valence-electron chi connectivity index (χ3n) is 4.79. The number of benzene rings is 2. The fourth-order valence-corrected chi connectivity index (χ4v) is 4.34. The largest absolute Gasteiger partial charge is 0.249 e. The topological polar surface area (TPSA) is 12.4 Å². The molecule has 2 aliphatic rings. The second-order valence-electron chi connectivity index (χ2n) is 7.48. The fraction of sp³-hybridized carbons (Fsp3) is 0.115. The second kappa shape index (κ2) is 9.61. The van der Waals surface area contributed by atoms with Crippen LogP contribution < -0.4 is 0 Å². The van der Waals surface area contributed by atoms with E-state index < -0.39 is 0 Å². The summed E-state index contributed by atoms with van der Waals surface area (Å²) in [5.74, 6) is 0. The normalized spacial score (nSPS) is 13.6. The molecule has 3 aromatic rings. The Morgan fingerprint density at radius 1 is 1.00 bits per heavy atom. The van der Waals surface area contributed by atoms with Crippen molar-refractivity contribution in [3.8, 4) is 11.1 Å². The summed E-state index contributed by atoms with van der Waals surface area (Å²) >= 11 is 0. The quantitative estimate of drug-likeness (QED) is 0.300. The summed E-state index contributed by atoms with van der Waals surface area (Å²) < 4.78 is 0. The van der Waals surface area contributed by atoms with E-state index in [-0.39, 0.29) is 34.6 Å². The zero-order valence-electron chi connectivity index (χ0n) is 17.1. The summed E-state index contributed by atoms with van der Waals surface area (Å²) in [5, 5.41) is 2.69. The standard InChI is InChI=1S/C16H13.C10H11NSi.Zr/c1-12-10-14-8-5-9-15(16(14)11-12)13-6-3-2-4-7-13;1-12(2)7-9-6-8-4-3-5-10(8)11-9;/h2-11H,1H3;3-7H,1-2H3;/q-1;;. The van der Waals surface area contributed by atoms with Crippen LogP contribution in [-0.4, -0.2) is 19.8 Å². The van der Waals surface area contributed by atoms with Crippen LogP contribution >= 0.6 is 0 Å². The Labute approximate surface area is 193 Å². The Morgan fingerprint density at radius 2 is 1.79 bits per heavy atom. The molecule has 0 amide bonds. The molecule has 0 unspecified atom stereocenters. The van der Waals surface area contributed by atoms with Crippen molar-refractivity contribution in [1.29, 1.82) is 0 Å². The monoisotopic (exact) mass is 468 g/mol. The minimum atomic E-state index is -0.300. The second-order valence-corrected chi connectivity index (χ2v) is 9.92. The van der Waals surface area contributed by atoms with Crippen molar-refractivity contribution >= 4 is 30.6 Å². The zero-order chi connectivity index (χ0) is 19.5. The Balaban J connectivity index is 0.000000167. The van der Waals surface area contributed by atoms with Gasteiger partial charge in [0.05, 0.1) is 11.4 Å². The molecule has 0 radical (unpaired) electrons. The van der Waals surface area contributed by atoms with Crippen LogP contribution in [0.3, 0.4) is 0 Å². The van der Waals surface area contributed by atoms with Gasteiger partial charge in [0.1, 0.15) is 0 Å². The minimum Gasteiger partial charge on any atom is -0.249 e. The predicted molar refractivity (Wildman–Crippen MR) is 126 cm³/mol. The van der Waals surface area contributed by atoms with Crippen molar-refractivity contribution in [2.24, 2.45) is 4.99 Å². The summed E-state index contributed by atoms with van der Waals surface area (Å²) in [6.45, 7) is 6.68. The van der Waals surface area contributed by atoms with E-state index in [1.165, 1.54) is 33.0 Å². The first-order chi connectivity index (χ1) is 13.6. The van der Waals surface area contributed by atoms with E-state index in [2.05, 4.69) is 110 Å². The fourth-order valence-electron chi connectivity index (χ4n) is 3.60. The first-order valence-corrected chi connectivity index (χ1v) is 12.2. The van der Waals surface area contributed by atoms with E-state index in [1.54, 1.807) is 0 Å². The smallest absolute Gasteiger partial charge is 0.0709 e. The van der Waals surface area contributed by atoms with E-state index in [0.717, 1.165) is 11.4 Å². The van der Waals surface area contributed by atoms with Crippen molar-refractivity contribution in [1.82, 2.24) is 0 Å². The Hall–Kier alpha value is -2.09. The van der Waals surface area contributed by atoms with Gasteiger partial charge in [-0.2, -0.15) is 6.07 Å². The molecule has 1 aliphatic carbocycles. The Morgan fingerprint density at radius 3 is 2.52 bits per heavy atom. The van der Waals surface area contributed by atoms with Crippen molar-refractivity contribution in [2.45, 2.75) is 20.0 Å². The van der Waals surface area contributed by atoms with E-state index in [1.807, 2.05) is 6.08 Å². The number of aryl methyl sites for hydroxylation is 1. The third-order valence-corrected chi connectivity index (χ3v) is 5.67. The number of hydrogen-bond donors (Lipinski definition) is 0. The van der Waals surface area contributed by atoms with Crippen molar-refractivity contribution < 1.29 is 26.2 Å². The number of nitrogens with zero attached hydrogens (tertiary/aromatic N) is 1. The van der Waals surface area contributed by atoms with Gasteiger partial charge in [0.25, 0.3) is 0 Å². The summed E-state index contributed by atoms with van der Waals surface area (Å²) in [7, 11) is -0.300. The molecule has 3 aromatic carbocycles. The molecular formula is C26H24NSiZr-. The molecular weight excluding hydrogens is 446 g/mol. The maximum absolute atomic E-state index is 4.48. The molecule has 0 bridgehead atoms. The molecule has 5 rings (SSSR count). The molecule has 1 nitrogen and oxygen atoms in total. The molecule has 0 saturated heterocycles. The minimum absolute atomic E-state index is 0. The van der Waals surface area contributed by atoms with Crippen LogP contribution in [0.15, 0.2) is 101 Å². The van der Waals surface area contributed by atoms with Crippen LogP contribution in [0.5, 0.6) is 0 Å². The summed E-state index contributed by atoms with van der Waals surface area (Å²) in [6.07, 6.45) is 8.38. The summed E-state index contributed by atoms with van der Waals surface area (Å²) in [5.41, 5.74) is 9.78. The molecule has 0 aromatic heterocycles. The number of rotatable bonds is 2. The summed E-state index contributed by atoms with van der Waals surface area (Å²) in [4.78, 5) is 4.48. The van der Waals surface area contributed by atoms with E-state index in [4.69, 9.17) is 0 Å². The third kappa shape index (κ3) is 5.10. The Kier molecular flexibility index (Phi) is 7.16. The molecule has 0 atom stereocenters. The molecule has 142 valence electrons. The average Bonchev–Trinajstić information content (AvgIpc) is 3.35. The van der Waals surface area contributed by atoms with Crippen molar-refractivity contribution in [2.75, 3.05) is 0 Å². The first kappa shape index (κ1) is 21.6. The summed E-state index contributed by atoms with van der Waals surface area (Å²) in [6, 6.07) is 21.6. The molecule has 29 heavy (non-hydrogen) atoms. The van der Waals surface area contributed by atoms with Gasteiger partial charge in [0.15, 0.2) is 0 Å². The van der Waals surface area contributed by atoms with Crippen LogP contribution in [0.25, 0.3) is 21.9 Å². The van der Waals surface area contributed by atoms with Gasteiger partial charge in [-0.3, -0.25) is 0 Å². The van der Waals surface area contributed by atoms with Crippen LogP contribution in [0, 0.1) is 6.92 Å². The van der Waals surface area contributed by atoms with Gasteiger partial charge >= 0.3 is 0 Å². The van der Waals surface area contributed by atoms with Crippen LogP contribution in [0.4, 0.5) is 0 Å². The molecule has 1 heterocycles. The van der Waals surface area contributed by atoms with Gasteiger partial charge in [0, 0.05) is 40.2 Å². The van der Waals surface area contributed by atoms with Gasteiger partial charge in [-0.25, -0.2) is 4.99 Å². The number of aliphatic imine (C=N–C) groups is 1. The number of hydrogen-bond acceptors (Lipinski definition) is 1. The Bertz CT molecular complexity index is 1170.